The van der Waals surface area contributed by atoms with Crippen LogP contribution in [-0.2, 0) is 16.5 Å². The van der Waals surface area contributed by atoms with Crippen LogP contribution in [0.3, 0.4) is 0 Å². The molecule has 1 aliphatic rings. The van der Waals surface area contributed by atoms with Crippen LogP contribution in [0.15, 0.2) is 41.6 Å². The average Bonchev–Trinajstić information content (AvgIpc) is 2.72. The Hall–Kier alpha value is -2.53. The zero-order valence-corrected chi connectivity index (χ0v) is 18.1. The summed E-state index contributed by atoms with van der Waals surface area (Å²) in [6.07, 6.45) is 1.79. The predicted octanol–water partition coefficient (Wildman–Crippen LogP) is 4.95. The minimum atomic E-state index is -5.86. The maximum Gasteiger partial charge on any atom is 0.534 e. The number of hydrogen-bond donors (Lipinski definition) is 0. The second-order valence-corrected chi connectivity index (χ2v) is 9.26. The summed E-state index contributed by atoms with van der Waals surface area (Å²) in [7, 11) is -5.86. The quantitative estimate of drug-likeness (QED) is 0.231. The lowest BCUT2D eigenvalue weighted by atomic mass is 9.93. The normalized spacial score (nSPS) is 16.6. The molecule has 11 heteroatoms. The van der Waals surface area contributed by atoms with E-state index in [1.54, 1.807) is 6.26 Å². The Morgan fingerprint density at radius 1 is 1.16 bits per heavy atom. The fourth-order valence-corrected chi connectivity index (χ4v) is 4.36. The van der Waals surface area contributed by atoms with Crippen LogP contribution in [0.5, 0.6) is 11.8 Å². The van der Waals surface area contributed by atoms with E-state index in [1.807, 2.05) is 43.3 Å². The molecule has 0 aliphatic carbocycles. The van der Waals surface area contributed by atoms with Crippen molar-refractivity contribution in [1.82, 2.24) is 9.97 Å². The minimum absolute atomic E-state index is 0.0218. The molecule has 4 rings (SSSR count). The molecule has 31 heavy (non-hydrogen) atoms. The van der Waals surface area contributed by atoms with Gasteiger partial charge in [0.2, 0.25) is 11.8 Å². The van der Waals surface area contributed by atoms with Crippen LogP contribution in [0.2, 0.25) is 0 Å². The molecule has 0 fully saturated rings. The molecule has 1 aliphatic heterocycles. The first kappa shape index (κ1) is 21.7. The number of nitrogens with zero attached hydrogens (tertiary/aromatic N) is 2. The molecule has 0 bridgehead atoms. The third-order valence-electron chi connectivity index (χ3n) is 4.97. The molecule has 0 saturated carbocycles. The molecule has 164 valence electrons. The van der Waals surface area contributed by atoms with Gasteiger partial charge in [-0.2, -0.15) is 31.6 Å². The van der Waals surface area contributed by atoms with Gasteiger partial charge in [-0.05, 0) is 42.4 Å². The van der Waals surface area contributed by atoms with Crippen molar-refractivity contribution in [3.63, 3.8) is 0 Å². The van der Waals surface area contributed by atoms with Crippen LogP contribution >= 0.6 is 11.8 Å². The molecule has 1 atom stereocenters. The SMILES string of the molecule is CSc1nc2c(c(OS(=O)(=O)C(F)(F)F)n1)CCC(c1cccc3cccc(C)c13)O2. The predicted molar refractivity (Wildman–Crippen MR) is 110 cm³/mol. The van der Waals surface area contributed by atoms with Crippen molar-refractivity contribution in [3.8, 4) is 11.8 Å². The molecule has 1 unspecified atom stereocenters. The standard InChI is InChI=1S/C20H17F3N2O4S2/c1-11-5-3-6-12-7-4-8-13(16(11)12)15-10-9-14-17(28-15)24-19(30-2)25-18(14)29-31(26,27)20(21,22)23/h3-8,15H,9-10H2,1-2H3. The Kier molecular flexibility index (Phi) is 5.50. The first-order valence-corrected chi connectivity index (χ1v) is 11.8. The van der Waals surface area contributed by atoms with Crippen molar-refractivity contribution in [2.45, 2.75) is 36.5 Å². The third-order valence-corrected chi connectivity index (χ3v) is 6.46. The largest absolute Gasteiger partial charge is 0.534 e. The Bertz CT molecular complexity index is 1260. The van der Waals surface area contributed by atoms with E-state index in [9.17, 15) is 21.6 Å². The molecule has 0 N–H and O–H groups in total. The topological polar surface area (TPSA) is 78.4 Å². The molecule has 1 aromatic heterocycles. The molecule has 3 aromatic rings. The highest BCUT2D eigenvalue weighted by molar-refractivity contribution is 7.98. The van der Waals surface area contributed by atoms with E-state index in [-0.39, 0.29) is 23.0 Å². The monoisotopic (exact) mass is 470 g/mol. The van der Waals surface area contributed by atoms with Crippen LogP contribution in [-0.4, -0.2) is 30.1 Å². The van der Waals surface area contributed by atoms with Crippen molar-refractivity contribution in [2.24, 2.45) is 0 Å². The van der Waals surface area contributed by atoms with E-state index in [2.05, 4.69) is 14.2 Å². The summed E-state index contributed by atoms with van der Waals surface area (Å²) in [4.78, 5) is 8.07. The number of aryl methyl sites for hydroxylation is 1. The van der Waals surface area contributed by atoms with Gasteiger partial charge in [-0.15, -0.1) is 0 Å². The molecule has 0 spiro atoms. The van der Waals surface area contributed by atoms with E-state index < -0.39 is 27.6 Å². The lowest BCUT2D eigenvalue weighted by Crippen LogP contribution is -2.29. The van der Waals surface area contributed by atoms with Crippen molar-refractivity contribution < 1.29 is 30.5 Å². The molecule has 0 saturated heterocycles. The Balaban J connectivity index is 1.76. The van der Waals surface area contributed by atoms with Gasteiger partial charge in [0.25, 0.3) is 0 Å². The number of ether oxygens (including phenoxy) is 1. The van der Waals surface area contributed by atoms with Gasteiger partial charge >= 0.3 is 15.6 Å². The van der Waals surface area contributed by atoms with E-state index in [0.717, 1.165) is 33.7 Å². The number of thioether (sulfide) groups is 1. The number of aromatic nitrogens is 2. The van der Waals surface area contributed by atoms with Crippen LogP contribution in [0.1, 0.15) is 29.2 Å². The molecule has 6 nitrogen and oxygen atoms in total. The van der Waals surface area contributed by atoms with Crippen molar-refractivity contribution in [1.29, 1.82) is 0 Å². The highest BCUT2D eigenvalue weighted by atomic mass is 32.2. The summed E-state index contributed by atoms with van der Waals surface area (Å²) in [5.74, 6) is -0.632. The Morgan fingerprint density at radius 2 is 1.87 bits per heavy atom. The Labute approximate surface area is 180 Å². The van der Waals surface area contributed by atoms with E-state index in [1.165, 1.54) is 0 Å². The first-order chi connectivity index (χ1) is 14.6. The summed E-state index contributed by atoms with van der Waals surface area (Å²) in [5, 5.41) is 2.12. The van der Waals surface area contributed by atoms with Gasteiger partial charge in [0.1, 0.15) is 6.10 Å². The van der Waals surface area contributed by atoms with E-state index >= 15 is 0 Å². The number of benzene rings is 2. The fourth-order valence-electron chi connectivity index (χ4n) is 3.57. The van der Waals surface area contributed by atoms with Crippen LogP contribution in [0.4, 0.5) is 13.2 Å². The lowest BCUT2D eigenvalue weighted by molar-refractivity contribution is -0.0502. The molecule has 2 heterocycles. The highest BCUT2D eigenvalue weighted by Crippen LogP contribution is 2.41. The first-order valence-electron chi connectivity index (χ1n) is 9.21. The number of fused-ring (bicyclic) bond motifs is 2. The lowest BCUT2D eigenvalue weighted by Gasteiger charge is -2.27. The number of halogens is 3. The number of hydrogen-bond acceptors (Lipinski definition) is 7. The molecular formula is C20H17F3N2O4S2. The van der Waals surface area contributed by atoms with Gasteiger partial charge in [-0.25, -0.2) is 0 Å². The number of alkyl halides is 3. The molecular weight excluding hydrogens is 453 g/mol. The second kappa shape index (κ2) is 7.86. The van der Waals surface area contributed by atoms with Crippen LogP contribution in [0.25, 0.3) is 10.8 Å². The fraction of sp³-hybridized carbons (Fsp3) is 0.300. The van der Waals surface area contributed by atoms with Gasteiger partial charge in [-0.1, -0.05) is 48.2 Å². The summed E-state index contributed by atoms with van der Waals surface area (Å²) >= 11 is 1.03. The second-order valence-electron chi connectivity index (χ2n) is 6.95. The zero-order valence-electron chi connectivity index (χ0n) is 16.4. The highest BCUT2D eigenvalue weighted by Gasteiger charge is 2.49. The van der Waals surface area contributed by atoms with Gasteiger partial charge in [0.15, 0.2) is 5.16 Å². The van der Waals surface area contributed by atoms with Crippen molar-refractivity contribution in [2.75, 3.05) is 6.26 Å². The van der Waals surface area contributed by atoms with Gasteiger partial charge < -0.3 is 8.92 Å². The van der Waals surface area contributed by atoms with Crippen LogP contribution < -0.4 is 8.92 Å². The van der Waals surface area contributed by atoms with E-state index in [4.69, 9.17) is 4.74 Å². The Morgan fingerprint density at radius 3 is 2.55 bits per heavy atom. The summed E-state index contributed by atoms with van der Waals surface area (Å²) in [5.41, 5.74) is -3.48. The molecule has 2 aromatic carbocycles. The minimum Gasteiger partial charge on any atom is -0.469 e. The zero-order chi connectivity index (χ0) is 22.4. The van der Waals surface area contributed by atoms with Crippen molar-refractivity contribution in [3.05, 3.63) is 53.1 Å². The smallest absolute Gasteiger partial charge is 0.469 e. The van der Waals surface area contributed by atoms with Gasteiger partial charge in [-0.3, -0.25) is 0 Å². The average molecular weight is 470 g/mol. The summed E-state index contributed by atoms with van der Waals surface area (Å²) in [6, 6.07) is 11.8. The van der Waals surface area contributed by atoms with Crippen LogP contribution in [0, 0.1) is 6.92 Å². The third kappa shape index (κ3) is 4.03. The van der Waals surface area contributed by atoms with Crippen molar-refractivity contribution >= 4 is 32.7 Å². The molecule has 0 radical (unpaired) electrons. The summed E-state index contributed by atoms with van der Waals surface area (Å²) < 4.78 is 71.9. The maximum absolute atomic E-state index is 12.8. The van der Waals surface area contributed by atoms with Gasteiger partial charge in [0.05, 0.1) is 5.56 Å². The number of rotatable bonds is 4. The maximum atomic E-state index is 12.8. The van der Waals surface area contributed by atoms with E-state index in [0.29, 0.717) is 6.42 Å². The van der Waals surface area contributed by atoms with Gasteiger partial charge in [0, 0.05) is 5.56 Å². The molecule has 0 amide bonds. The summed E-state index contributed by atoms with van der Waals surface area (Å²) in [6.45, 7) is 1.99.